The zero-order chi connectivity index (χ0) is 23.1. The lowest BCUT2D eigenvalue weighted by Crippen LogP contribution is -2.39. The van der Waals surface area contributed by atoms with Gasteiger partial charge in [0.2, 0.25) is 10.0 Å². The number of hydrogen-bond acceptors (Lipinski definition) is 5. The summed E-state index contributed by atoms with van der Waals surface area (Å²) in [5.74, 6) is 0.655. The summed E-state index contributed by atoms with van der Waals surface area (Å²) in [6.07, 6.45) is 1.05. The summed E-state index contributed by atoms with van der Waals surface area (Å²) in [5, 5.41) is 4.07. The fourth-order valence-electron chi connectivity index (χ4n) is 2.77. The second-order valence-corrected chi connectivity index (χ2v) is 9.74. The van der Waals surface area contributed by atoms with Crippen LogP contribution in [-0.2, 0) is 14.8 Å². The molecule has 0 bridgehead atoms. The number of sulfonamides is 1. The zero-order valence-corrected chi connectivity index (χ0v) is 19.9. The van der Waals surface area contributed by atoms with E-state index in [9.17, 15) is 13.2 Å². The summed E-state index contributed by atoms with van der Waals surface area (Å²) in [7, 11) is -3.70. The van der Waals surface area contributed by atoms with E-state index in [-0.39, 0.29) is 0 Å². The smallest absolute Gasteiger partial charge is 0.260 e. The molecule has 0 heterocycles. The molecule has 3 aromatic carbocycles. The van der Waals surface area contributed by atoms with E-state index in [1.807, 2.05) is 54.6 Å². The van der Waals surface area contributed by atoms with Crippen molar-refractivity contribution in [3.05, 3.63) is 88.9 Å². The number of benzene rings is 3. The minimum atomic E-state index is -3.70. The quantitative estimate of drug-likeness (QED) is 0.352. The van der Waals surface area contributed by atoms with Gasteiger partial charge in [0, 0.05) is 4.47 Å². The largest absolute Gasteiger partial charge is 0.457 e. The number of carbonyl (C=O) groups excluding carboxylic acids is 1. The van der Waals surface area contributed by atoms with Gasteiger partial charge in [0.15, 0.2) is 0 Å². The third-order valence-electron chi connectivity index (χ3n) is 4.40. The van der Waals surface area contributed by atoms with Crippen molar-refractivity contribution in [1.82, 2.24) is 5.43 Å². The summed E-state index contributed by atoms with van der Waals surface area (Å²) in [4.78, 5) is 12.4. The molecule has 7 nitrogen and oxygen atoms in total. The SMILES string of the molecule is C/C(=N\NC(=O)CN(c1ccc(Oc2ccccc2)cc1)S(C)(=O)=O)c1ccc(Br)cc1. The third kappa shape index (κ3) is 6.66. The van der Waals surface area contributed by atoms with Crippen molar-refractivity contribution in [2.75, 3.05) is 17.1 Å². The van der Waals surface area contributed by atoms with Gasteiger partial charge in [-0.25, -0.2) is 13.8 Å². The molecule has 1 N–H and O–H groups in total. The molecule has 3 rings (SSSR count). The number of rotatable bonds is 8. The Morgan fingerprint density at radius 1 is 0.969 bits per heavy atom. The minimum Gasteiger partial charge on any atom is -0.457 e. The lowest BCUT2D eigenvalue weighted by atomic mass is 10.1. The lowest BCUT2D eigenvalue weighted by Gasteiger charge is -2.21. The summed E-state index contributed by atoms with van der Waals surface area (Å²) in [6, 6.07) is 23.1. The Labute approximate surface area is 195 Å². The number of nitrogens with zero attached hydrogens (tertiary/aromatic N) is 2. The average Bonchev–Trinajstić information content (AvgIpc) is 2.77. The first-order valence-electron chi connectivity index (χ1n) is 9.62. The van der Waals surface area contributed by atoms with Gasteiger partial charge in [-0.2, -0.15) is 5.10 Å². The number of ether oxygens (including phenoxy) is 1. The molecule has 166 valence electrons. The van der Waals surface area contributed by atoms with Gasteiger partial charge in [-0.15, -0.1) is 0 Å². The van der Waals surface area contributed by atoms with Gasteiger partial charge in [0.25, 0.3) is 5.91 Å². The van der Waals surface area contributed by atoms with Crippen LogP contribution in [0.4, 0.5) is 5.69 Å². The van der Waals surface area contributed by atoms with Crippen LogP contribution in [0.2, 0.25) is 0 Å². The van der Waals surface area contributed by atoms with Crippen LogP contribution in [0.15, 0.2) is 88.4 Å². The Morgan fingerprint density at radius 3 is 2.16 bits per heavy atom. The van der Waals surface area contributed by atoms with Gasteiger partial charge >= 0.3 is 0 Å². The highest BCUT2D eigenvalue weighted by molar-refractivity contribution is 9.10. The van der Waals surface area contributed by atoms with Crippen LogP contribution in [0.5, 0.6) is 11.5 Å². The van der Waals surface area contributed by atoms with E-state index in [0.29, 0.717) is 22.9 Å². The molecular weight excluding hydrogens is 494 g/mol. The van der Waals surface area contributed by atoms with Gasteiger partial charge in [0.1, 0.15) is 18.0 Å². The number of hydrogen-bond donors (Lipinski definition) is 1. The predicted molar refractivity (Wildman–Crippen MR) is 130 cm³/mol. The molecule has 0 aromatic heterocycles. The topological polar surface area (TPSA) is 88.1 Å². The molecule has 32 heavy (non-hydrogen) atoms. The van der Waals surface area contributed by atoms with E-state index in [4.69, 9.17) is 4.74 Å². The second-order valence-electron chi connectivity index (χ2n) is 6.92. The summed E-state index contributed by atoms with van der Waals surface area (Å²) < 4.78 is 32.3. The van der Waals surface area contributed by atoms with E-state index in [2.05, 4.69) is 26.5 Å². The summed E-state index contributed by atoms with van der Waals surface area (Å²) in [5.41, 5.74) is 4.19. The van der Waals surface area contributed by atoms with E-state index in [1.54, 1.807) is 31.2 Å². The molecule has 0 atom stereocenters. The third-order valence-corrected chi connectivity index (χ3v) is 6.07. The maximum atomic E-state index is 12.4. The van der Waals surface area contributed by atoms with E-state index in [1.165, 1.54) is 0 Å². The fraction of sp³-hybridized carbons (Fsp3) is 0.130. The van der Waals surface area contributed by atoms with Gasteiger partial charge in [-0.1, -0.05) is 46.3 Å². The van der Waals surface area contributed by atoms with Gasteiger partial charge in [-0.05, 0) is 61.0 Å². The van der Waals surface area contributed by atoms with Crippen LogP contribution >= 0.6 is 15.9 Å². The van der Waals surface area contributed by atoms with Crippen molar-refractivity contribution in [2.45, 2.75) is 6.92 Å². The van der Waals surface area contributed by atoms with E-state index < -0.39 is 22.5 Å². The minimum absolute atomic E-state index is 0.344. The fourth-order valence-corrected chi connectivity index (χ4v) is 3.89. The number of carbonyl (C=O) groups is 1. The van der Waals surface area contributed by atoms with Crippen molar-refractivity contribution in [3.63, 3.8) is 0 Å². The Morgan fingerprint density at radius 2 is 1.56 bits per heavy atom. The molecular formula is C23H22BrN3O4S. The molecule has 0 spiro atoms. The van der Waals surface area contributed by atoms with Crippen molar-refractivity contribution < 1.29 is 17.9 Å². The molecule has 1 amide bonds. The predicted octanol–water partition coefficient (Wildman–Crippen LogP) is 4.55. The average molecular weight is 516 g/mol. The van der Waals surface area contributed by atoms with Crippen molar-refractivity contribution >= 4 is 43.3 Å². The monoisotopic (exact) mass is 515 g/mol. The molecule has 0 unspecified atom stereocenters. The number of anilines is 1. The highest BCUT2D eigenvalue weighted by atomic mass is 79.9. The highest BCUT2D eigenvalue weighted by Crippen LogP contribution is 2.25. The zero-order valence-electron chi connectivity index (χ0n) is 17.5. The van der Waals surface area contributed by atoms with Crippen LogP contribution in [-0.4, -0.2) is 32.8 Å². The Hall–Kier alpha value is -3.17. The highest BCUT2D eigenvalue weighted by Gasteiger charge is 2.21. The first-order chi connectivity index (χ1) is 15.2. The molecule has 0 aliphatic heterocycles. The molecule has 0 aliphatic carbocycles. The van der Waals surface area contributed by atoms with Crippen LogP contribution in [0, 0.1) is 0 Å². The Balaban J connectivity index is 1.69. The number of halogens is 1. The first-order valence-corrected chi connectivity index (χ1v) is 12.3. The first kappa shape index (κ1) is 23.5. The summed E-state index contributed by atoms with van der Waals surface area (Å²) in [6.45, 7) is 1.35. The maximum Gasteiger partial charge on any atom is 0.260 e. The van der Waals surface area contributed by atoms with Crippen LogP contribution < -0.4 is 14.5 Å². The normalized spacial score (nSPS) is 11.7. The maximum absolute atomic E-state index is 12.4. The second kappa shape index (κ2) is 10.4. The van der Waals surface area contributed by atoms with Crippen molar-refractivity contribution in [2.24, 2.45) is 5.10 Å². The number of nitrogens with one attached hydrogen (secondary N) is 1. The molecule has 0 fully saturated rings. The molecule has 0 saturated heterocycles. The van der Waals surface area contributed by atoms with E-state index >= 15 is 0 Å². The van der Waals surface area contributed by atoms with Crippen LogP contribution in [0.3, 0.4) is 0 Å². The lowest BCUT2D eigenvalue weighted by molar-refractivity contribution is -0.119. The molecule has 0 aliphatic rings. The van der Waals surface area contributed by atoms with Crippen molar-refractivity contribution in [3.8, 4) is 11.5 Å². The van der Waals surface area contributed by atoms with Crippen molar-refractivity contribution in [1.29, 1.82) is 0 Å². The molecule has 0 saturated carbocycles. The van der Waals surface area contributed by atoms with E-state index in [0.717, 1.165) is 20.6 Å². The number of para-hydroxylation sites is 1. The Bertz CT molecular complexity index is 1200. The van der Waals surface area contributed by atoms with Gasteiger partial charge < -0.3 is 4.74 Å². The Kier molecular flexibility index (Phi) is 7.66. The van der Waals surface area contributed by atoms with Gasteiger partial charge in [-0.3, -0.25) is 9.10 Å². The van der Waals surface area contributed by atoms with Crippen LogP contribution in [0.25, 0.3) is 0 Å². The van der Waals surface area contributed by atoms with Gasteiger partial charge in [0.05, 0.1) is 17.7 Å². The standard InChI is InChI=1S/C23H22BrN3O4S/c1-17(18-8-10-19(24)11-9-18)25-26-23(28)16-27(32(2,29)30)20-12-14-22(15-13-20)31-21-6-4-3-5-7-21/h3-15H,16H2,1-2H3,(H,26,28)/b25-17+. The van der Waals surface area contributed by atoms with Crippen LogP contribution in [0.1, 0.15) is 12.5 Å². The molecule has 3 aromatic rings. The number of hydrazone groups is 1. The summed E-state index contributed by atoms with van der Waals surface area (Å²) >= 11 is 3.37. The molecule has 9 heteroatoms. The number of amides is 1. The molecule has 0 radical (unpaired) electrons.